The third-order valence-corrected chi connectivity index (χ3v) is 6.28. The molecule has 0 aliphatic rings. The van der Waals surface area contributed by atoms with Gasteiger partial charge >= 0.3 is 16.3 Å². The average Bonchev–Trinajstić information content (AvgIpc) is 2.80. The fourth-order valence-electron chi connectivity index (χ4n) is 2.85. The number of alkyl halides is 3. The molecule has 0 bridgehead atoms. The molecule has 3 rings (SSSR count). The number of carbonyl (C=O) groups excluding carboxylic acids is 1. The number of carbonyl (C=O) groups is 1. The lowest BCUT2D eigenvalue weighted by atomic mass is 10.1. The Bertz CT molecular complexity index is 1340. The van der Waals surface area contributed by atoms with Gasteiger partial charge in [0.2, 0.25) is 5.91 Å². The molecule has 1 amide bonds. The molecule has 35 heavy (non-hydrogen) atoms. The molecule has 0 saturated heterocycles. The van der Waals surface area contributed by atoms with Crippen molar-refractivity contribution >= 4 is 38.2 Å². The summed E-state index contributed by atoms with van der Waals surface area (Å²) in [7, 11) is -2.93. The van der Waals surface area contributed by atoms with Crippen LogP contribution < -0.4 is 14.3 Å². The lowest BCUT2D eigenvalue weighted by molar-refractivity contribution is -0.137. The molecule has 7 nitrogen and oxygen atoms in total. The highest BCUT2D eigenvalue weighted by Gasteiger charge is 2.31. The van der Waals surface area contributed by atoms with Crippen molar-refractivity contribution in [2.24, 2.45) is 5.10 Å². The third-order valence-electron chi connectivity index (χ3n) is 4.53. The van der Waals surface area contributed by atoms with Gasteiger partial charge in [-0.3, -0.25) is 4.79 Å². The minimum absolute atomic E-state index is 0.0265. The van der Waals surface area contributed by atoms with Crippen LogP contribution in [0.4, 0.5) is 13.2 Å². The highest BCUT2D eigenvalue weighted by atomic mass is 79.9. The van der Waals surface area contributed by atoms with Gasteiger partial charge in [0.1, 0.15) is 10.6 Å². The second-order valence-corrected chi connectivity index (χ2v) is 9.53. The molecule has 0 unspecified atom stereocenters. The van der Waals surface area contributed by atoms with Crippen LogP contribution in [-0.2, 0) is 27.5 Å². The van der Waals surface area contributed by atoms with Crippen LogP contribution in [0.2, 0.25) is 0 Å². The van der Waals surface area contributed by atoms with Crippen molar-refractivity contribution in [3.63, 3.8) is 0 Å². The number of amides is 1. The van der Waals surface area contributed by atoms with Gasteiger partial charge in [-0.05, 0) is 60.2 Å². The maximum Gasteiger partial charge on any atom is 0.416 e. The second kappa shape index (κ2) is 10.9. The highest BCUT2D eigenvalue weighted by molar-refractivity contribution is 9.10. The summed E-state index contributed by atoms with van der Waals surface area (Å²) in [5.41, 5.74) is 2.24. The fraction of sp³-hybridized carbons (Fsp3) is 0.130. The minimum Gasteiger partial charge on any atom is -0.497 e. The van der Waals surface area contributed by atoms with Gasteiger partial charge in [0.25, 0.3) is 0 Å². The molecular weight excluding hydrogens is 553 g/mol. The molecule has 0 aromatic heterocycles. The standard InChI is InChI=1S/C23H18BrF3N2O5S/c1-33-19-4-2-3-15(11-19)12-22(30)29-28-14-16-13-18(24)7-10-21(16)34-35(31,32)20-8-5-17(6-9-20)23(25,26)27/h2-11,13-14H,12H2,1H3,(H,29,30). The van der Waals surface area contributed by atoms with Gasteiger partial charge < -0.3 is 8.92 Å². The van der Waals surface area contributed by atoms with Crippen LogP contribution >= 0.6 is 15.9 Å². The first-order valence-corrected chi connectivity index (χ1v) is 12.0. The Morgan fingerprint density at radius 1 is 1.09 bits per heavy atom. The lowest BCUT2D eigenvalue weighted by Crippen LogP contribution is -2.20. The van der Waals surface area contributed by atoms with E-state index >= 15 is 0 Å². The zero-order valence-corrected chi connectivity index (χ0v) is 20.4. The van der Waals surface area contributed by atoms with Crippen LogP contribution in [0, 0.1) is 0 Å². The topological polar surface area (TPSA) is 94.1 Å². The second-order valence-electron chi connectivity index (χ2n) is 7.06. The first-order valence-electron chi connectivity index (χ1n) is 9.84. The SMILES string of the molecule is COc1cccc(CC(=O)NN=Cc2cc(Br)ccc2OS(=O)(=O)c2ccc(C(F)(F)F)cc2)c1. The summed E-state index contributed by atoms with van der Waals surface area (Å²) < 4.78 is 74.3. The number of hydrazone groups is 1. The maximum atomic E-state index is 12.7. The minimum atomic E-state index is -4.60. The van der Waals surface area contributed by atoms with E-state index in [1.807, 2.05) is 0 Å². The summed E-state index contributed by atoms with van der Waals surface area (Å²) in [6.07, 6.45) is -3.39. The van der Waals surface area contributed by atoms with Gasteiger partial charge in [-0.1, -0.05) is 28.1 Å². The Morgan fingerprint density at radius 3 is 2.46 bits per heavy atom. The number of methoxy groups -OCH3 is 1. The number of nitrogens with one attached hydrogen (secondary N) is 1. The predicted octanol–water partition coefficient (Wildman–Crippen LogP) is 4.94. The number of nitrogens with zero attached hydrogens (tertiary/aromatic N) is 1. The van der Waals surface area contributed by atoms with E-state index in [0.29, 0.717) is 27.9 Å². The number of hydrogen-bond donors (Lipinski definition) is 1. The fourth-order valence-corrected chi connectivity index (χ4v) is 4.19. The van der Waals surface area contributed by atoms with Crippen LogP contribution in [0.25, 0.3) is 0 Å². The predicted molar refractivity (Wildman–Crippen MR) is 126 cm³/mol. The molecule has 12 heteroatoms. The van der Waals surface area contributed by atoms with Crippen LogP contribution in [0.15, 0.2) is 81.2 Å². The van der Waals surface area contributed by atoms with Gasteiger partial charge in [-0.25, -0.2) is 5.43 Å². The summed E-state index contributed by atoms with van der Waals surface area (Å²) in [5.74, 6) is 0.0345. The van der Waals surface area contributed by atoms with Crippen LogP contribution in [0.1, 0.15) is 16.7 Å². The molecule has 3 aromatic rings. The van der Waals surface area contributed by atoms with Gasteiger partial charge in [0, 0.05) is 10.0 Å². The summed E-state index contributed by atoms with van der Waals surface area (Å²) >= 11 is 3.25. The molecule has 3 aromatic carbocycles. The van der Waals surface area contributed by atoms with Crippen LogP contribution in [0.5, 0.6) is 11.5 Å². The van der Waals surface area contributed by atoms with Crippen molar-refractivity contribution in [3.05, 3.63) is 87.9 Å². The quantitative estimate of drug-likeness (QED) is 0.235. The van der Waals surface area contributed by atoms with Crippen LogP contribution in [0.3, 0.4) is 0 Å². The van der Waals surface area contributed by atoms with Crippen molar-refractivity contribution in [1.29, 1.82) is 0 Å². The molecule has 184 valence electrons. The lowest BCUT2D eigenvalue weighted by Gasteiger charge is -2.11. The van der Waals surface area contributed by atoms with Gasteiger partial charge in [0.15, 0.2) is 5.75 Å². The molecule has 0 heterocycles. The molecule has 0 spiro atoms. The monoisotopic (exact) mass is 570 g/mol. The summed E-state index contributed by atoms with van der Waals surface area (Å²) in [6, 6.07) is 14.2. The summed E-state index contributed by atoms with van der Waals surface area (Å²) in [5, 5.41) is 3.85. The summed E-state index contributed by atoms with van der Waals surface area (Å²) in [4.78, 5) is 11.7. The number of benzene rings is 3. The number of ether oxygens (including phenoxy) is 1. The Morgan fingerprint density at radius 2 is 1.80 bits per heavy atom. The van der Waals surface area contributed by atoms with Gasteiger partial charge in [-0.15, -0.1) is 0 Å². The Hall–Kier alpha value is -3.38. The largest absolute Gasteiger partial charge is 0.497 e. The molecular formula is C23H18BrF3N2O5S. The van der Waals surface area contributed by atoms with E-state index < -0.39 is 32.7 Å². The third kappa shape index (κ3) is 7.30. The van der Waals surface area contributed by atoms with Gasteiger partial charge in [-0.2, -0.15) is 26.7 Å². The van der Waals surface area contributed by atoms with Crippen molar-refractivity contribution < 1.29 is 35.3 Å². The van der Waals surface area contributed by atoms with E-state index in [2.05, 4.69) is 26.5 Å². The molecule has 0 aliphatic heterocycles. The van der Waals surface area contributed by atoms with E-state index in [4.69, 9.17) is 8.92 Å². The van der Waals surface area contributed by atoms with E-state index in [1.165, 1.54) is 31.5 Å². The van der Waals surface area contributed by atoms with Crippen LogP contribution in [-0.4, -0.2) is 27.6 Å². The molecule has 0 fully saturated rings. The number of hydrogen-bond acceptors (Lipinski definition) is 6. The van der Waals surface area contributed by atoms with E-state index in [-0.39, 0.29) is 17.7 Å². The Labute approximate surface area is 207 Å². The van der Waals surface area contributed by atoms with E-state index in [0.717, 1.165) is 12.1 Å². The van der Waals surface area contributed by atoms with Crippen molar-refractivity contribution in [1.82, 2.24) is 5.43 Å². The smallest absolute Gasteiger partial charge is 0.416 e. The highest BCUT2D eigenvalue weighted by Crippen LogP contribution is 2.31. The zero-order valence-electron chi connectivity index (χ0n) is 18.0. The first-order chi connectivity index (χ1) is 16.5. The zero-order chi connectivity index (χ0) is 25.6. The molecule has 0 saturated carbocycles. The number of rotatable bonds is 8. The molecule has 1 N–H and O–H groups in total. The Kier molecular flexibility index (Phi) is 8.18. The van der Waals surface area contributed by atoms with E-state index in [1.54, 1.807) is 24.3 Å². The maximum absolute atomic E-state index is 12.7. The molecule has 0 radical (unpaired) electrons. The molecule has 0 atom stereocenters. The van der Waals surface area contributed by atoms with Gasteiger partial charge in [0.05, 0.1) is 25.3 Å². The average molecular weight is 571 g/mol. The van der Waals surface area contributed by atoms with Crippen molar-refractivity contribution in [3.8, 4) is 11.5 Å². The normalized spacial score (nSPS) is 11.9. The molecule has 0 aliphatic carbocycles. The van der Waals surface area contributed by atoms with E-state index in [9.17, 15) is 26.4 Å². The first kappa shape index (κ1) is 26.2. The van der Waals surface area contributed by atoms with Crippen molar-refractivity contribution in [2.75, 3.05) is 7.11 Å². The summed E-state index contributed by atoms with van der Waals surface area (Å²) in [6.45, 7) is 0. The van der Waals surface area contributed by atoms with Crippen molar-refractivity contribution in [2.45, 2.75) is 17.5 Å². The Balaban J connectivity index is 1.73. The number of halogens is 4.